The number of anilines is 1. The summed E-state index contributed by atoms with van der Waals surface area (Å²) in [6, 6.07) is 6.40. The number of unbranched alkanes of at least 4 members (excludes halogenated alkanes) is 2. The lowest BCUT2D eigenvalue weighted by Gasteiger charge is -2.50. The van der Waals surface area contributed by atoms with Crippen molar-refractivity contribution in [3.63, 3.8) is 0 Å². The zero-order chi connectivity index (χ0) is 38.2. The van der Waals surface area contributed by atoms with E-state index in [0.29, 0.717) is 56.7 Å². The number of Topliss-reactive ketones (excluding diaryl/α,β-unsaturated/α-hetero) is 2. The molecule has 6 rings (SSSR count). The lowest BCUT2D eigenvalue weighted by molar-refractivity contribution is -0.160. The summed E-state index contributed by atoms with van der Waals surface area (Å²) in [7, 11) is 0. The minimum Gasteiger partial charge on any atom is -0.508 e. The molecule has 5 unspecified atom stereocenters. The molecule has 1 aliphatic heterocycles. The first-order valence-corrected chi connectivity index (χ1v) is 18.1. The number of rotatable bonds is 12. The number of aliphatic hydroxyl groups excluding tert-OH is 3. The summed E-state index contributed by atoms with van der Waals surface area (Å²) < 4.78 is 18.0. The van der Waals surface area contributed by atoms with Gasteiger partial charge in [-0.2, -0.15) is 5.11 Å². The fourth-order valence-electron chi connectivity index (χ4n) is 7.80. The van der Waals surface area contributed by atoms with Gasteiger partial charge in [-0.1, -0.05) is 33.6 Å². The molecule has 2 aromatic rings. The van der Waals surface area contributed by atoms with E-state index in [1.165, 1.54) is 12.1 Å². The van der Waals surface area contributed by atoms with Gasteiger partial charge in [0.1, 0.15) is 40.0 Å². The Labute approximate surface area is 306 Å². The lowest BCUT2D eigenvalue weighted by Crippen LogP contribution is -2.63. The van der Waals surface area contributed by atoms with Crippen molar-refractivity contribution < 1.29 is 54.1 Å². The molecule has 15 heteroatoms. The summed E-state index contributed by atoms with van der Waals surface area (Å²) in [5.41, 5.74) is 2.38. The Morgan fingerprint density at radius 3 is 2.28 bits per heavy atom. The Morgan fingerprint density at radius 1 is 1.00 bits per heavy atom. The molecule has 3 aliphatic carbocycles. The highest BCUT2D eigenvalue weighted by molar-refractivity contribution is 6.23. The van der Waals surface area contributed by atoms with Crippen LogP contribution in [0.5, 0.6) is 17.2 Å². The normalized spacial score (nSPS) is 25.7. The van der Waals surface area contributed by atoms with Crippen molar-refractivity contribution in [3.05, 3.63) is 52.3 Å². The first-order valence-electron chi connectivity index (χ1n) is 18.1. The number of benzene rings is 2. The van der Waals surface area contributed by atoms with Crippen molar-refractivity contribution >= 4 is 40.3 Å². The second-order valence-electron chi connectivity index (χ2n) is 13.9. The molecule has 2 aromatic carbocycles. The maximum atomic E-state index is 14.0. The van der Waals surface area contributed by atoms with Crippen LogP contribution < -0.4 is 20.1 Å². The van der Waals surface area contributed by atoms with Crippen molar-refractivity contribution in [2.45, 2.75) is 70.5 Å². The maximum Gasteiger partial charge on any atom is 0.255 e. The van der Waals surface area contributed by atoms with E-state index in [4.69, 9.17) is 19.9 Å². The second-order valence-corrected chi connectivity index (χ2v) is 13.9. The highest BCUT2D eigenvalue weighted by atomic mass is 16.5. The van der Waals surface area contributed by atoms with Gasteiger partial charge in [0.2, 0.25) is 5.78 Å². The van der Waals surface area contributed by atoms with E-state index < -0.39 is 81.8 Å². The predicted molar refractivity (Wildman–Crippen MR) is 192 cm³/mol. The average Bonchev–Trinajstić information content (AvgIpc) is 3.13. The van der Waals surface area contributed by atoms with Crippen LogP contribution in [0.4, 0.5) is 17.1 Å². The van der Waals surface area contributed by atoms with Gasteiger partial charge in [0.15, 0.2) is 11.4 Å². The van der Waals surface area contributed by atoms with Crippen LogP contribution in [0.25, 0.3) is 5.76 Å². The molecule has 0 radical (unpaired) electrons. The number of fused-ring (bicyclic) bond motifs is 3. The number of hydrogen-bond donors (Lipinski definition) is 6. The Hall–Kier alpha value is -4.99. The first-order chi connectivity index (χ1) is 25.4. The summed E-state index contributed by atoms with van der Waals surface area (Å²) in [6.07, 6.45) is 1.14. The van der Waals surface area contributed by atoms with Crippen LogP contribution >= 0.6 is 0 Å². The van der Waals surface area contributed by atoms with Gasteiger partial charge in [-0.05, 0) is 36.5 Å². The molecule has 2 fully saturated rings. The van der Waals surface area contributed by atoms with E-state index in [1.54, 1.807) is 13.0 Å². The SMILES string of the molecule is CCCCOc1cc(N2CCOCC2)c(OCCCC)cc1N=Nc1ccc(O)c2c1C(C)C1C(=C2O)C(=O)C2(O)C(O)=C(C(N)=O)C(=O)CC2C1O. The molecule has 284 valence electrons. The third kappa shape index (κ3) is 6.50. The van der Waals surface area contributed by atoms with Crippen molar-refractivity contribution in [2.75, 3.05) is 44.4 Å². The van der Waals surface area contributed by atoms with Gasteiger partial charge >= 0.3 is 0 Å². The third-order valence-corrected chi connectivity index (χ3v) is 10.6. The van der Waals surface area contributed by atoms with Gasteiger partial charge in [-0.25, -0.2) is 0 Å². The Morgan fingerprint density at radius 2 is 1.64 bits per heavy atom. The molecule has 1 heterocycles. The number of azo groups is 1. The van der Waals surface area contributed by atoms with Gasteiger partial charge in [-0.3, -0.25) is 14.4 Å². The smallest absolute Gasteiger partial charge is 0.255 e. The van der Waals surface area contributed by atoms with Crippen LogP contribution in [0.3, 0.4) is 0 Å². The molecule has 0 aromatic heterocycles. The third-order valence-electron chi connectivity index (χ3n) is 10.6. The summed E-state index contributed by atoms with van der Waals surface area (Å²) in [5, 5.41) is 66.0. The van der Waals surface area contributed by atoms with E-state index in [0.717, 1.165) is 31.4 Å². The summed E-state index contributed by atoms with van der Waals surface area (Å²) in [6.45, 7) is 9.15. The van der Waals surface area contributed by atoms with E-state index >= 15 is 0 Å². The largest absolute Gasteiger partial charge is 0.508 e. The fraction of sp³-hybridized carbons (Fsp3) is 0.500. The Bertz CT molecular complexity index is 1900. The number of carbonyl (C=O) groups is 3. The minimum absolute atomic E-state index is 0.182. The number of nitrogens with two attached hydrogens (primary N) is 1. The van der Waals surface area contributed by atoms with Crippen LogP contribution in [0.2, 0.25) is 0 Å². The van der Waals surface area contributed by atoms with Crippen molar-refractivity contribution in [1.82, 2.24) is 0 Å². The van der Waals surface area contributed by atoms with Crippen LogP contribution in [0.1, 0.15) is 69.9 Å². The molecule has 53 heavy (non-hydrogen) atoms. The number of primary amides is 1. The van der Waals surface area contributed by atoms with Gasteiger partial charge < -0.3 is 50.4 Å². The monoisotopic (exact) mass is 734 g/mol. The van der Waals surface area contributed by atoms with E-state index in [9.17, 15) is 39.9 Å². The number of aromatic hydroxyl groups is 1. The number of ether oxygens (including phenoxy) is 3. The summed E-state index contributed by atoms with van der Waals surface area (Å²) in [4.78, 5) is 41.1. The topological polar surface area (TPSA) is 234 Å². The fourth-order valence-corrected chi connectivity index (χ4v) is 7.80. The van der Waals surface area contributed by atoms with Crippen LogP contribution in [-0.2, 0) is 19.1 Å². The number of phenolic OH excluding ortho intramolecular Hbond substituents is 1. The summed E-state index contributed by atoms with van der Waals surface area (Å²) in [5.74, 6) is -8.57. The highest BCUT2D eigenvalue weighted by Crippen LogP contribution is 2.57. The second kappa shape index (κ2) is 15.2. The molecule has 0 spiro atoms. The van der Waals surface area contributed by atoms with Gasteiger partial charge in [0.25, 0.3) is 5.91 Å². The van der Waals surface area contributed by atoms with Crippen molar-refractivity contribution in [2.24, 2.45) is 27.8 Å². The number of carbonyl (C=O) groups excluding carboxylic acids is 3. The van der Waals surface area contributed by atoms with Gasteiger partial charge in [0.05, 0.1) is 49.5 Å². The maximum absolute atomic E-state index is 14.0. The zero-order valence-corrected chi connectivity index (χ0v) is 30.0. The van der Waals surface area contributed by atoms with Crippen LogP contribution in [-0.4, -0.2) is 94.2 Å². The Kier molecular flexibility index (Phi) is 10.8. The van der Waals surface area contributed by atoms with E-state index in [1.807, 2.05) is 6.07 Å². The lowest BCUT2D eigenvalue weighted by atomic mass is 9.55. The molecule has 1 amide bonds. The summed E-state index contributed by atoms with van der Waals surface area (Å²) >= 11 is 0. The minimum atomic E-state index is -2.93. The molecular formula is C38H46N4O11. The molecule has 15 nitrogen and oxygen atoms in total. The first kappa shape index (κ1) is 37.8. The van der Waals surface area contributed by atoms with Crippen molar-refractivity contribution in [3.8, 4) is 17.2 Å². The predicted octanol–water partition coefficient (Wildman–Crippen LogP) is 4.57. The quantitative estimate of drug-likeness (QED) is 0.100. The molecular weight excluding hydrogens is 688 g/mol. The van der Waals surface area contributed by atoms with Gasteiger partial charge in [-0.15, -0.1) is 5.11 Å². The molecule has 7 N–H and O–H groups in total. The number of nitrogens with zero attached hydrogens (tertiary/aromatic N) is 3. The number of aliphatic hydroxyl groups is 4. The Balaban J connectivity index is 1.46. The molecule has 1 saturated heterocycles. The highest BCUT2D eigenvalue weighted by Gasteiger charge is 2.65. The zero-order valence-electron chi connectivity index (χ0n) is 30.0. The molecule has 1 saturated carbocycles. The average molecular weight is 735 g/mol. The van der Waals surface area contributed by atoms with Crippen LogP contribution in [0.15, 0.2) is 51.4 Å². The molecule has 5 atom stereocenters. The van der Waals surface area contributed by atoms with E-state index in [-0.39, 0.29) is 16.8 Å². The number of hydrogen-bond acceptors (Lipinski definition) is 14. The van der Waals surface area contributed by atoms with Crippen LogP contribution in [0, 0.1) is 11.8 Å². The standard InChI is InChI=1S/C38H46N4O11/c1-4-6-12-52-26-18-23(42-10-14-51-15-11-42)27(53-13-7-5-2)17-22(26)41-40-21-8-9-24(43)30-28(21)19(3)29-32(34(30)46)36(48)38(50)20(33(29)45)16-25(44)31(35(38)47)37(39)49/h8-9,17-20,29,33,43,45-47,50H,4-7,10-16H2,1-3H3,(H2,39,49). The number of ketones is 2. The van der Waals surface area contributed by atoms with Crippen molar-refractivity contribution in [1.29, 1.82) is 0 Å². The number of morpholine rings is 1. The number of amides is 1. The van der Waals surface area contributed by atoms with E-state index in [2.05, 4.69) is 29.0 Å². The number of phenols is 1. The van der Waals surface area contributed by atoms with Gasteiger partial charge in [0, 0.05) is 49.1 Å². The molecule has 4 aliphatic rings. The molecule has 0 bridgehead atoms.